The van der Waals surface area contributed by atoms with Crippen LogP contribution in [0.15, 0.2) is 16.6 Å². The summed E-state index contributed by atoms with van der Waals surface area (Å²) in [7, 11) is 3.01. The van der Waals surface area contributed by atoms with Gasteiger partial charge in [-0.25, -0.2) is 4.79 Å². The first kappa shape index (κ1) is 14.8. The molecular formula is C12H15BrO5. The lowest BCUT2D eigenvalue weighted by molar-refractivity contribution is -0.150. The van der Waals surface area contributed by atoms with E-state index < -0.39 is 12.1 Å². The molecule has 0 aromatic heterocycles. The Morgan fingerprint density at radius 2 is 1.89 bits per heavy atom. The van der Waals surface area contributed by atoms with E-state index in [2.05, 4.69) is 15.9 Å². The van der Waals surface area contributed by atoms with Crippen molar-refractivity contribution in [3.8, 4) is 11.5 Å². The van der Waals surface area contributed by atoms with Crippen LogP contribution in [0.2, 0.25) is 0 Å². The van der Waals surface area contributed by atoms with E-state index in [1.165, 1.54) is 14.2 Å². The molecular weight excluding hydrogens is 304 g/mol. The van der Waals surface area contributed by atoms with Crippen LogP contribution in [0.4, 0.5) is 0 Å². The molecule has 100 valence electrons. The molecule has 0 saturated carbocycles. The van der Waals surface area contributed by atoms with E-state index in [-0.39, 0.29) is 0 Å². The molecule has 0 radical (unpaired) electrons. The zero-order chi connectivity index (χ0) is 13.7. The number of hydrogen-bond acceptors (Lipinski definition) is 4. The summed E-state index contributed by atoms with van der Waals surface area (Å²) in [5.41, 5.74) is 0.488. The molecule has 1 atom stereocenters. The number of carboxylic acids is 1. The molecule has 0 aliphatic carbocycles. The average molecular weight is 319 g/mol. The number of hydrogen-bond donors (Lipinski definition) is 1. The SMILES string of the molecule is CCOC(C(=O)O)c1cc(OC)c(OC)cc1Br. The average Bonchev–Trinajstić information content (AvgIpc) is 2.35. The zero-order valence-electron chi connectivity index (χ0n) is 10.4. The molecule has 18 heavy (non-hydrogen) atoms. The molecule has 1 N–H and O–H groups in total. The highest BCUT2D eigenvalue weighted by Gasteiger charge is 2.24. The maximum absolute atomic E-state index is 11.2. The molecule has 0 aliphatic heterocycles. The minimum Gasteiger partial charge on any atom is -0.493 e. The fraction of sp³-hybridized carbons (Fsp3) is 0.417. The Kier molecular flexibility index (Phi) is 5.43. The van der Waals surface area contributed by atoms with Crippen LogP contribution < -0.4 is 9.47 Å². The van der Waals surface area contributed by atoms with Crippen molar-refractivity contribution in [2.75, 3.05) is 20.8 Å². The summed E-state index contributed by atoms with van der Waals surface area (Å²) in [6.07, 6.45) is -1.04. The third-order valence-corrected chi connectivity index (χ3v) is 3.03. The van der Waals surface area contributed by atoms with Gasteiger partial charge in [0.1, 0.15) is 0 Å². The molecule has 1 unspecified atom stereocenters. The lowest BCUT2D eigenvalue weighted by Crippen LogP contribution is -2.16. The van der Waals surface area contributed by atoms with Crippen LogP contribution in [-0.4, -0.2) is 31.9 Å². The summed E-state index contributed by atoms with van der Waals surface area (Å²) in [5.74, 6) is -0.0693. The standard InChI is InChI=1S/C12H15BrO5/c1-4-18-11(12(14)15)7-5-9(16-2)10(17-3)6-8(7)13/h5-6,11H,4H2,1-3H3,(H,14,15). The Hall–Kier alpha value is -1.27. The highest BCUT2D eigenvalue weighted by molar-refractivity contribution is 9.10. The van der Waals surface area contributed by atoms with Gasteiger partial charge >= 0.3 is 5.97 Å². The van der Waals surface area contributed by atoms with Crippen LogP contribution in [-0.2, 0) is 9.53 Å². The number of aliphatic carboxylic acids is 1. The second-order valence-electron chi connectivity index (χ2n) is 3.40. The third-order valence-electron chi connectivity index (χ3n) is 2.34. The second kappa shape index (κ2) is 6.61. The Morgan fingerprint density at radius 3 is 2.33 bits per heavy atom. The van der Waals surface area contributed by atoms with E-state index in [1.807, 2.05) is 0 Å². The van der Waals surface area contributed by atoms with Gasteiger partial charge < -0.3 is 19.3 Å². The lowest BCUT2D eigenvalue weighted by Gasteiger charge is -2.17. The predicted molar refractivity (Wildman–Crippen MR) is 69.2 cm³/mol. The van der Waals surface area contributed by atoms with E-state index in [0.717, 1.165) is 0 Å². The first-order valence-electron chi connectivity index (χ1n) is 5.30. The Bertz CT molecular complexity index is 433. The van der Waals surface area contributed by atoms with Gasteiger partial charge in [0.05, 0.1) is 14.2 Å². The largest absolute Gasteiger partial charge is 0.493 e. The Balaban J connectivity index is 3.25. The fourth-order valence-corrected chi connectivity index (χ4v) is 2.06. The maximum atomic E-state index is 11.2. The minimum absolute atomic E-state index is 0.303. The highest BCUT2D eigenvalue weighted by atomic mass is 79.9. The maximum Gasteiger partial charge on any atom is 0.337 e. The predicted octanol–water partition coefficient (Wildman–Crippen LogP) is 2.63. The van der Waals surface area contributed by atoms with Crippen molar-refractivity contribution in [2.45, 2.75) is 13.0 Å². The summed E-state index contributed by atoms with van der Waals surface area (Å²) >= 11 is 3.31. The molecule has 0 heterocycles. The van der Waals surface area contributed by atoms with Crippen molar-refractivity contribution in [2.24, 2.45) is 0 Å². The number of rotatable bonds is 6. The van der Waals surface area contributed by atoms with Gasteiger partial charge in [0.15, 0.2) is 17.6 Å². The Morgan fingerprint density at radius 1 is 1.33 bits per heavy atom. The van der Waals surface area contributed by atoms with Gasteiger partial charge in [0, 0.05) is 16.6 Å². The van der Waals surface area contributed by atoms with E-state index in [1.54, 1.807) is 19.1 Å². The van der Waals surface area contributed by atoms with Gasteiger partial charge in [-0.05, 0) is 19.1 Å². The van der Waals surface area contributed by atoms with Crippen molar-refractivity contribution in [3.63, 3.8) is 0 Å². The van der Waals surface area contributed by atoms with Gasteiger partial charge in [-0.3, -0.25) is 0 Å². The smallest absolute Gasteiger partial charge is 0.337 e. The summed E-state index contributed by atoms with van der Waals surface area (Å²) in [6, 6.07) is 3.25. The zero-order valence-corrected chi connectivity index (χ0v) is 12.0. The van der Waals surface area contributed by atoms with Crippen molar-refractivity contribution in [3.05, 3.63) is 22.2 Å². The molecule has 1 aromatic rings. The fourth-order valence-electron chi connectivity index (χ4n) is 1.53. The molecule has 0 fully saturated rings. The van der Waals surface area contributed by atoms with E-state index in [9.17, 15) is 4.79 Å². The second-order valence-corrected chi connectivity index (χ2v) is 4.26. The van der Waals surface area contributed by atoms with Gasteiger partial charge in [-0.1, -0.05) is 15.9 Å². The summed E-state index contributed by atoms with van der Waals surface area (Å²) in [5, 5.41) is 9.15. The van der Waals surface area contributed by atoms with Crippen LogP contribution >= 0.6 is 15.9 Å². The topological polar surface area (TPSA) is 65.0 Å². The summed E-state index contributed by atoms with van der Waals surface area (Å²) < 4.78 is 16.1. The Labute approximate surface area is 114 Å². The van der Waals surface area contributed by atoms with Crippen molar-refractivity contribution in [1.29, 1.82) is 0 Å². The minimum atomic E-state index is -1.05. The molecule has 5 nitrogen and oxygen atoms in total. The third kappa shape index (κ3) is 3.14. The van der Waals surface area contributed by atoms with E-state index >= 15 is 0 Å². The molecule has 0 spiro atoms. The monoisotopic (exact) mass is 318 g/mol. The van der Waals surface area contributed by atoms with Gasteiger partial charge in [-0.15, -0.1) is 0 Å². The molecule has 0 saturated heterocycles. The van der Waals surface area contributed by atoms with Crippen LogP contribution in [0.5, 0.6) is 11.5 Å². The van der Waals surface area contributed by atoms with Gasteiger partial charge in [0.2, 0.25) is 0 Å². The normalized spacial score (nSPS) is 12.0. The van der Waals surface area contributed by atoms with Crippen molar-refractivity contribution < 1.29 is 24.1 Å². The van der Waals surface area contributed by atoms with Gasteiger partial charge in [-0.2, -0.15) is 0 Å². The van der Waals surface area contributed by atoms with Crippen molar-refractivity contribution >= 4 is 21.9 Å². The molecule has 1 aromatic carbocycles. The van der Waals surface area contributed by atoms with Crippen LogP contribution in [0.1, 0.15) is 18.6 Å². The first-order chi connectivity index (χ1) is 8.54. The van der Waals surface area contributed by atoms with Crippen LogP contribution in [0, 0.1) is 0 Å². The molecule has 0 bridgehead atoms. The van der Waals surface area contributed by atoms with Crippen LogP contribution in [0.25, 0.3) is 0 Å². The van der Waals surface area contributed by atoms with Crippen molar-refractivity contribution in [1.82, 2.24) is 0 Å². The quantitative estimate of drug-likeness (QED) is 0.873. The number of ether oxygens (including phenoxy) is 3. The number of carboxylic acid groups (broad SMARTS) is 1. The molecule has 1 rings (SSSR count). The molecule has 0 aliphatic rings. The summed E-state index contributed by atoms with van der Waals surface area (Å²) in [4.78, 5) is 11.2. The number of benzene rings is 1. The molecule has 0 amide bonds. The highest BCUT2D eigenvalue weighted by Crippen LogP contribution is 2.37. The van der Waals surface area contributed by atoms with Crippen LogP contribution in [0.3, 0.4) is 0 Å². The summed E-state index contributed by atoms with van der Waals surface area (Å²) in [6.45, 7) is 2.04. The number of halogens is 1. The van der Waals surface area contributed by atoms with Gasteiger partial charge in [0.25, 0.3) is 0 Å². The number of carbonyl (C=O) groups is 1. The van der Waals surface area contributed by atoms with E-state index in [4.69, 9.17) is 19.3 Å². The first-order valence-corrected chi connectivity index (χ1v) is 6.10. The molecule has 6 heteroatoms. The number of methoxy groups -OCH3 is 2. The van der Waals surface area contributed by atoms with E-state index in [0.29, 0.717) is 28.1 Å². The lowest BCUT2D eigenvalue weighted by atomic mass is 10.1.